The average Bonchev–Trinajstić information content (AvgIpc) is 2.30. The number of rotatable bonds is 5. The van der Waals surface area contributed by atoms with Crippen molar-refractivity contribution in [2.45, 2.75) is 6.18 Å². The molecule has 1 amide bonds. The largest absolute Gasteiger partial charge is 0.411 e. The fraction of sp³-hybridized carbons (Fsp3) is 0.364. The van der Waals surface area contributed by atoms with Gasteiger partial charge in [-0.2, -0.15) is 13.2 Å². The summed E-state index contributed by atoms with van der Waals surface area (Å²) >= 11 is 0. The van der Waals surface area contributed by atoms with Gasteiger partial charge in [-0.05, 0) is 12.1 Å². The number of anilines is 1. The Balaban J connectivity index is 2.38. The van der Waals surface area contributed by atoms with Crippen molar-refractivity contribution in [2.75, 3.05) is 25.5 Å². The van der Waals surface area contributed by atoms with Crippen molar-refractivity contribution in [3.63, 3.8) is 0 Å². The topological polar surface area (TPSA) is 64.4 Å². The van der Waals surface area contributed by atoms with E-state index in [-0.39, 0.29) is 24.4 Å². The van der Waals surface area contributed by atoms with E-state index in [4.69, 9.17) is 5.73 Å². The Kier molecular flexibility index (Phi) is 5.11. The molecule has 19 heavy (non-hydrogen) atoms. The molecular formula is C11H12F4N2O2. The van der Waals surface area contributed by atoms with Gasteiger partial charge in [-0.25, -0.2) is 4.39 Å². The lowest BCUT2D eigenvalue weighted by atomic mass is 10.1. The Morgan fingerprint density at radius 2 is 2.05 bits per heavy atom. The van der Waals surface area contributed by atoms with Gasteiger partial charge in [0.1, 0.15) is 12.4 Å². The summed E-state index contributed by atoms with van der Waals surface area (Å²) in [5, 5.41) is 2.28. The molecule has 0 saturated carbocycles. The van der Waals surface area contributed by atoms with Crippen LogP contribution in [0.2, 0.25) is 0 Å². The number of ether oxygens (including phenoxy) is 1. The highest BCUT2D eigenvalue weighted by Crippen LogP contribution is 2.15. The summed E-state index contributed by atoms with van der Waals surface area (Å²) in [5.41, 5.74) is 4.97. The monoisotopic (exact) mass is 280 g/mol. The summed E-state index contributed by atoms with van der Waals surface area (Å²) in [6.45, 7) is -1.82. The van der Waals surface area contributed by atoms with E-state index in [1.165, 1.54) is 12.1 Å². The third kappa shape index (κ3) is 5.12. The number of halogens is 4. The van der Waals surface area contributed by atoms with Crippen molar-refractivity contribution in [1.82, 2.24) is 5.32 Å². The van der Waals surface area contributed by atoms with Crippen LogP contribution in [-0.2, 0) is 4.74 Å². The van der Waals surface area contributed by atoms with Gasteiger partial charge < -0.3 is 15.8 Å². The van der Waals surface area contributed by atoms with E-state index in [1.807, 2.05) is 0 Å². The fourth-order valence-electron chi connectivity index (χ4n) is 1.25. The number of hydrogen-bond acceptors (Lipinski definition) is 3. The SMILES string of the molecule is Nc1c(F)cccc1C(=O)NCCOCC(F)(F)F. The van der Waals surface area contributed by atoms with Gasteiger partial charge in [0.2, 0.25) is 0 Å². The quantitative estimate of drug-likeness (QED) is 0.490. The highest BCUT2D eigenvalue weighted by molar-refractivity contribution is 5.99. The number of carbonyl (C=O) groups excluding carboxylic acids is 1. The fourth-order valence-corrected chi connectivity index (χ4v) is 1.25. The van der Waals surface area contributed by atoms with Crippen LogP contribution >= 0.6 is 0 Å². The van der Waals surface area contributed by atoms with Crippen molar-refractivity contribution in [2.24, 2.45) is 0 Å². The Morgan fingerprint density at radius 3 is 2.68 bits per heavy atom. The predicted molar refractivity (Wildman–Crippen MR) is 60.0 cm³/mol. The molecule has 1 aromatic rings. The van der Waals surface area contributed by atoms with Crippen molar-refractivity contribution in [1.29, 1.82) is 0 Å². The standard InChI is InChI=1S/C11H12F4N2O2/c12-8-3-1-2-7(9(8)16)10(18)17-4-5-19-6-11(13,14)15/h1-3H,4-6,16H2,(H,17,18). The van der Waals surface area contributed by atoms with Crippen LogP contribution < -0.4 is 11.1 Å². The van der Waals surface area contributed by atoms with E-state index >= 15 is 0 Å². The first-order chi connectivity index (χ1) is 8.81. The maximum atomic E-state index is 13.1. The molecule has 1 aromatic carbocycles. The predicted octanol–water partition coefficient (Wildman–Crippen LogP) is 1.72. The van der Waals surface area contributed by atoms with E-state index < -0.39 is 24.5 Å². The number of benzene rings is 1. The van der Waals surface area contributed by atoms with Crippen LogP contribution in [0, 0.1) is 5.82 Å². The number of carbonyl (C=O) groups is 1. The highest BCUT2D eigenvalue weighted by Gasteiger charge is 2.27. The van der Waals surface area contributed by atoms with Crippen LogP contribution in [0.15, 0.2) is 18.2 Å². The van der Waals surface area contributed by atoms with E-state index in [1.54, 1.807) is 0 Å². The third-order valence-electron chi connectivity index (χ3n) is 2.10. The highest BCUT2D eigenvalue weighted by atomic mass is 19.4. The molecule has 0 bridgehead atoms. The molecule has 4 nitrogen and oxygen atoms in total. The van der Waals surface area contributed by atoms with Gasteiger partial charge in [0.05, 0.1) is 17.9 Å². The number of nitrogens with one attached hydrogen (secondary N) is 1. The zero-order valence-electron chi connectivity index (χ0n) is 9.76. The molecule has 0 aliphatic carbocycles. The van der Waals surface area contributed by atoms with Gasteiger partial charge in [-0.1, -0.05) is 6.07 Å². The van der Waals surface area contributed by atoms with Crippen molar-refractivity contribution in [3.05, 3.63) is 29.6 Å². The first kappa shape index (κ1) is 15.2. The van der Waals surface area contributed by atoms with E-state index in [0.29, 0.717) is 0 Å². The summed E-state index contributed by atoms with van der Waals surface area (Å²) in [5.74, 6) is -1.41. The third-order valence-corrected chi connectivity index (χ3v) is 2.10. The Labute approximate surface area is 106 Å². The number of amides is 1. The summed E-state index contributed by atoms with van der Waals surface area (Å²) in [7, 11) is 0. The second-order valence-corrected chi connectivity index (χ2v) is 3.62. The molecule has 0 aliphatic rings. The Morgan fingerprint density at radius 1 is 1.37 bits per heavy atom. The van der Waals surface area contributed by atoms with E-state index in [2.05, 4.69) is 10.1 Å². The first-order valence-electron chi connectivity index (χ1n) is 5.28. The van der Waals surface area contributed by atoms with Crippen LogP contribution in [-0.4, -0.2) is 31.8 Å². The lowest BCUT2D eigenvalue weighted by Crippen LogP contribution is -2.29. The molecule has 3 N–H and O–H groups in total. The summed E-state index contributed by atoms with van der Waals surface area (Å²) < 4.78 is 52.6. The first-order valence-corrected chi connectivity index (χ1v) is 5.28. The minimum atomic E-state index is -4.41. The van der Waals surface area contributed by atoms with Crippen molar-refractivity contribution >= 4 is 11.6 Å². The maximum Gasteiger partial charge on any atom is 0.411 e. The zero-order chi connectivity index (χ0) is 14.5. The molecule has 0 aliphatic heterocycles. The summed E-state index contributed by atoms with van der Waals surface area (Å²) in [6, 6.07) is 3.71. The van der Waals surface area contributed by atoms with Crippen LogP contribution in [0.25, 0.3) is 0 Å². The molecule has 0 atom stereocenters. The number of para-hydroxylation sites is 1. The minimum absolute atomic E-state index is 0.0733. The second kappa shape index (κ2) is 6.37. The molecule has 0 fully saturated rings. The zero-order valence-corrected chi connectivity index (χ0v) is 9.76. The summed E-state index contributed by atoms with van der Waals surface area (Å²) in [6.07, 6.45) is -4.41. The van der Waals surface area contributed by atoms with Gasteiger partial charge in [-0.3, -0.25) is 4.79 Å². The van der Waals surface area contributed by atoms with Gasteiger partial charge in [0.25, 0.3) is 5.91 Å². The molecule has 0 heterocycles. The van der Waals surface area contributed by atoms with Gasteiger partial charge in [0.15, 0.2) is 0 Å². The van der Waals surface area contributed by atoms with E-state index in [0.717, 1.165) is 6.07 Å². The normalized spacial score (nSPS) is 11.4. The molecule has 0 radical (unpaired) electrons. The van der Waals surface area contributed by atoms with Crippen LogP contribution in [0.3, 0.4) is 0 Å². The number of hydrogen-bond donors (Lipinski definition) is 2. The molecule has 0 spiro atoms. The molecule has 0 aromatic heterocycles. The van der Waals surface area contributed by atoms with Gasteiger partial charge in [0, 0.05) is 6.54 Å². The molecule has 1 rings (SSSR count). The Bertz CT molecular complexity index is 449. The molecule has 0 unspecified atom stereocenters. The summed E-state index contributed by atoms with van der Waals surface area (Å²) in [4.78, 5) is 11.5. The van der Waals surface area contributed by atoms with Gasteiger partial charge >= 0.3 is 6.18 Å². The number of alkyl halides is 3. The molecule has 0 saturated heterocycles. The minimum Gasteiger partial charge on any atom is -0.396 e. The maximum absolute atomic E-state index is 13.1. The molecular weight excluding hydrogens is 268 g/mol. The Hall–Kier alpha value is -1.83. The number of nitrogens with two attached hydrogens (primary N) is 1. The van der Waals surface area contributed by atoms with Gasteiger partial charge in [-0.15, -0.1) is 0 Å². The van der Waals surface area contributed by atoms with Crippen LogP contribution in [0.1, 0.15) is 10.4 Å². The average molecular weight is 280 g/mol. The van der Waals surface area contributed by atoms with Crippen molar-refractivity contribution in [3.8, 4) is 0 Å². The molecule has 106 valence electrons. The lowest BCUT2D eigenvalue weighted by Gasteiger charge is -2.09. The second-order valence-electron chi connectivity index (χ2n) is 3.62. The van der Waals surface area contributed by atoms with Crippen LogP contribution in [0.5, 0.6) is 0 Å². The van der Waals surface area contributed by atoms with E-state index in [9.17, 15) is 22.4 Å². The smallest absolute Gasteiger partial charge is 0.396 e. The molecule has 8 heteroatoms. The number of nitrogen functional groups attached to an aromatic ring is 1. The van der Waals surface area contributed by atoms with Crippen molar-refractivity contribution < 1.29 is 27.1 Å². The lowest BCUT2D eigenvalue weighted by molar-refractivity contribution is -0.173. The van der Waals surface area contributed by atoms with Crippen LogP contribution in [0.4, 0.5) is 23.2 Å².